The van der Waals surface area contributed by atoms with Gasteiger partial charge in [0.25, 0.3) is 5.91 Å². The summed E-state index contributed by atoms with van der Waals surface area (Å²) in [6.45, 7) is 6.11. The third kappa shape index (κ3) is 3.96. The molecule has 0 aliphatic carbocycles. The first kappa shape index (κ1) is 18.9. The lowest BCUT2D eigenvalue weighted by atomic mass is 10.1. The maximum absolute atomic E-state index is 13.9. The summed E-state index contributed by atoms with van der Waals surface area (Å²) in [4.78, 5) is 24.6. The van der Waals surface area contributed by atoms with Crippen LogP contribution in [0.15, 0.2) is 18.2 Å². The molecule has 9 heteroatoms. The molecule has 2 aromatic rings. The van der Waals surface area contributed by atoms with Gasteiger partial charge in [0.15, 0.2) is 17.5 Å². The highest BCUT2D eigenvalue weighted by molar-refractivity contribution is 5.94. The van der Waals surface area contributed by atoms with E-state index in [0.29, 0.717) is 32.0 Å². The van der Waals surface area contributed by atoms with Gasteiger partial charge < -0.3 is 15.1 Å². The van der Waals surface area contributed by atoms with Gasteiger partial charge >= 0.3 is 0 Å². The predicted octanol–water partition coefficient (Wildman–Crippen LogP) is 2.60. The second kappa shape index (κ2) is 7.81. The van der Waals surface area contributed by atoms with Gasteiger partial charge in [-0.05, 0) is 26.0 Å². The summed E-state index contributed by atoms with van der Waals surface area (Å²) in [5, 5.41) is 3.14. The van der Waals surface area contributed by atoms with E-state index in [9.17, 15) is 18.0 Å². The van der Waals surface area contributed by atoms with Crippen molar-refractivity contribution in [2.75, 3.05) is 42.9 Å². The third-order valence-corrected chi connectivity index (χ3v) is 4.34. The minimum Gasteiger partial charge on any atom is -0.370 e. The van der Waals surface area contributed by atoms with Gasteiger partial charge in [0, 0.05) is 38.8 Å². The summed E-state index contributed by atoms with van der Waals surface area (Å²) in [5.41, 5.74) is -0.463. The first-order valence-electron chi connectivity index (χ1n) is 8.68. The maximum atomic E-state index is 13.9. The molecule has 0 spiro atoms. The number of anilines is 2. The van der Waals surface area contributed by atoms with Crippen LogP contribution in [0.4, 0.5) is 24.8 Å². The predicted molar refractivity (Wildman–Crippen MR) is 95.4 cm³/mol. The molecular formula is C18H20F3N5O. The van der Waals surface area contributed by atoms with Gasteiger partial charge in [-0.2, -0.15) is 0 Å². The molecule has 1 saturated heterocycles. The topological polar surface area (TPSA) is 61.4 Å². The summed E-state index contributed by atoms with van der Waals surface area (Å²) in [6.07, 6.45) is 0. The monoisotopic (exact) mass is 379 g/mol. The van der Waals surface area contributed by atoms with Gasteiger partial charge in [-0.3, -0.25) is 4.79 Å². The molecule has 1 amide bonds. The molecule has 0 saturated carbocycles. The lowest BCUT2D eigenvalue weighted by Gasteiger charge is -2.35. The Balaban J connectivity index is 1.70. The first-order chi connectivity index (χ1) is 12.9. The van der Waals surface area contributed by atoms with Crippen molar-refractivity contribution in [1.29, 1.82) is 0 Å². The van der Waals surface area contributed by atoms with Crippen LogP contribution in [0.2, 0.25) is 0 Å². The Hall–Kier alpha value is -2.84. The van der Waals surface area contributed by atoms with Crippen molar-refractivity contribution < 1.29 is 18.0 Å². The van der Waals surface area contributed by atoms with Crippen LogP contribution < -0.4 is 10.2 Å². The number of hydrogen-bond acceptors (Lipinski definition) is 5. The second-order valence-electron chi connectivity index (χ2n) is 6.19. The van der Waals surface area contributed by atoms with E-state index < -0.39 is 28.9 Å². The van der Waals surface area contributed by atoms with Crippen LogP contribution in [0.3, 0.4) is 0 Å². The fourth-order valence-corrected chi connectivity index (χ4v) is 2.99. The van der Waals surface area contributed by atoms with E-state index in [4.69, 9.17) is 0 Å². The number of aromatic nitrogens is 2. The van der Waals surface area contributed by atoms with Crippen LogP contribution in [0.1, 0.15) is 23.1 Å². The largest absolute Gasteiger partial charge is 0.370 e. The Kier molecular flexibility index (Phi) is 5.48. The summed E-state index contributed by atoms with van der Waals surface area (Å²) in [7, 11) is 0. The molecule has 1 aromatic heterocycles. The van der Waals surface area contributed by atoms with E-state index in [1.165, 1.54) is 4.90 Å². The molecule has 1 fully saturated rings. The quantitative estimate of drug-likeness (QED) is 0.828. The van der Waals surface area contributed by atoms with E-state index in [0.717, 1.165) is 30.3 Å². The number of aryl methyl sites for hydroxylation is 1. The van der Waals surface area contributed by atoms with Crippen molar-refractivity contribution in [2.24, 2.45) is 0 Å². The van der Waals surface area contributed by atoms with Gasteiger partial charge in [-0.15, -0.1) is 0 Å². The van der Waals surface area contributed by atoms with E-state index >= 15 is 0 Å². The van der Waals surface area contributed by atoms with Crippen molar-refractivity contribution in [3.05, 3.63) is 47.0 Å². The van der Waals surface area contributed by atoms with Gasteiger partial charge in [0.05, 0.1) is 5.56 Å². The molecule has 1 aliphatic heterocycles. The fourth-order valence-electron chi connectivity index (χ4n) is 2.99. The average molecular weight is 379 g/mol. The maximum Gasteiger partial charge on any atom is 0.257 e. The summed E-state index contributed by atoms with van der Waals surface area (Å²) < 4.78 is 40.3. The zero-order valence-electron chi connectivity index (χ0n) is 15.1. The Labute approximate surface area is 155 Å². The van der Waals surface area contributed by atoms with E-state index in [1.54, 1.807) is 6.92 Å². The van der Waals surface area contributed by atoms with Crippen LogP contribution in [0.5, 0.6) is 0 Å². The number of benzene rings is 1. The zero-order valence-corrected chi connectivity index (χ0v) is 15.1. The van der Waals surface area contributed by atoms with Gasteiger partial charge in [-0.1, -0.05) is 0 Å². The lowest BCUT2D eigenvalue weighted by Crippen LogP contribution is -2.49. The molecule has 3 rings (SSSR count). The Morgan fingerprint density at radius 2 is 1.81 bits per heavy atom. The number of rotatable bonds is 4. The molecule has 1 aromatic carbocycles. The van der Waals surface area contributed by atoms with Gasteiger partial charge in [-0.25, -0.2) is 23.1 Å². The van der Waals surface area contributed by atoms with Gasteiger partial charge in [0.2, 0.25) is 0 Å². The van der Waals surface area contributed by atoms with Crippen LogP contribution in [-0.4, -0.2) is 53.5 Å². The number of carbonyl (C=O) groups is 1. The Morgan fingerprint density at radius 3 is 2.48 bits per heavy atom. The highest BCUT2D eigenvalue weighted by Crippen LogP contribution is 2.20. The van der Waals surface area contributed by atoms with E-state index in [2.05, 4.69) is 15.3 Å². The second-order valence-corrected chi connectivity index (χ2v) is 6.19. The van der Waals surface area contributed by atoms with E-state index in [1.807, 2.05) is 17.9 Å². The molecule has 1 aliphatic rings. The number of carbonyl (C=O) groups excluding carboxylic acids is 1. The minimum atomic E-state index is -1.63. The third-order valence-electron chi connectivity index (χ3n) is 4.34. The molecule has 27 heavy (non-hydrogen) atoms. The molecule has 1 N–H and O–H groups in total. The average Bonchev–Trinajstić information content (AvgIpc) is 2.66. The summed E-state index contributed by atoms with van der Waals surface area (Å²) in [6, 6.07) is 3.57. The molecule has 0 unspecified atom stereocenters. The van der Waals surface area contributed by atoms with Crippen molar-refractivity contribution in [3.8, 4) is 0 Å². The molecule has 0 atom stereocenters. The van der Waals surface area contributed by atoms with Crippen LogP contribution in [0, 0.1) is 24.4 Å². The van der Waals surface area contributed by atoms with Crippen molar-refractivity contribution >= 4 is 17.5 Å². The van der Waals surface area contributed by atoms with Crippen LogP contribution in [-0.2, 0) is 0 Å². The zero-order chi connectivity index (χ0) is 19.6. The number of hydrogen-bond donors (Lipinski definition) is 1. The standard InChI is InChI=1S/C18H20F3N5O/c1-3-22-14-10-15(24-11(2)23-14)25-6-8-26(9-7-25)18(27)12-4-5-13(19)17(21)16(12)20/h4-5,10H,3,6-9H2,1-2H3,(H,22,23,24). The minimum absolute atomic E-state index is 0.316. The fraction of sp³-hybridized carbons (Fsp3) is 0.389. The lowest BCUT2D eigenvalue weighted by molar-refractivity contribution is 0.0740. The number of amides is 1. The Bertz CT molecular complexity index is 853. The molecule has 0 radical (unpaired) electrons. The van der Waals surface area contributed by atoms with Crippen LogP contribution in [0.25, 0.3) is 0 Å². The molecular weight excluding hydrogens is 359 g/mol. The Morgan fingerprint density at radius 1 is 1.11 bits per heavy atom. The molecule has 0 bridgehead atoms. The number of nitrogens with zero attached hydrogens (tertiary/aromatic N) is 4. The molecule has 144 valence electrons. The van der Waals surface area contributed by atoms with Crippen molar-refractivity contribution in [1.82, 2.24) is 14.9 Å². The van der Waals surface area contributed by atoms with Crippen molar-refractivity contribution in [3.63, 3.8) is 0 Å². The highest BCUT2D eigenvalue weighted by Gasteiger charge is 2.27. The molecule has 6 nitrogen and oxygen atoms in total. The molecule has 2 heterocycles. The first-order valence-corrected chi connectivity index (χ1v) is 8.68. The summed E-state index contributed by atoms with van der Waals surface area (Å²) >= 11 is 0. The highest BCUT2D eigenvalue weighted by atomic mass is 19.2. The van der Waals surface area contributed by atoms with Crippen molar-refractivity contribution in [2.45, 2.75) is 13.8 Å². The number of halogens is 3. The van der Waals surface area contributed by atoms with E-state index in [-0.39, 0.29) is 0 Å². The SMILES string of the molecule is CCNc1cc(N2CCN(C(=O)c3ccc(F)c(F)c3F)CC2)nc(C)n1. The normalized spacial score (nSPS) is 14.4. The number of piperazine rings is 1. The van der Waals surface area contributed by atoms with Crippen LogP contribution >= 0.6 is 0 Å². The van der Waals surface area contributed by atoms with Gasteiger partial charge in [0.1, 0.15) is 17.5 Å². The number of nitrogens with one attached hydrogen (secondary N) is 1. The smallest absolute Gasteiger partial charge is 0.257 e. The summed E-state index contributed by atoms with van der Waals surface area (Å²) in [5.74, 6) is -2.96.